The molecule has 0 bridgehead atoms. The summed E-state index contributed by atoms with van der Waals surface area (Å²) in [5.74, 6) is -0.531. The first kappa shape index (κ1) is 15.2. The molecule has 21 heavy (non-hydrogen) atoms. The second-order valence-electron chi connectivity index (χ2n) is 4.58. The molecule has 114 valence electrons. The summed E-state index contributed by atoms with van der Waals surface area (Å²) in [5.41, 5.74) is 0. The van der Waals surface area contributed by atoms with Crippen molar-refractivity contribution in [1.82, 2.24) is 9.38 Å². The summed E-state index contributed by atoms with van der Waals surface area (Å²) in [6.45, 7) is 0.582. The molecule has 2 aromatic heterocycles. The van der Waals surface area contributed by atoms with E-state index in [1.807, 2.05) is 0 Å². The first-order valence-electron chi connectivity index (χ1n) is 6.65. The van der Waals surface area contributed by atoms with E-state index in [1.54, 1.807) is 11.6 Å². The number of unbranched alkanes of at least 4 members (excludes halogenated alkanes) is 3. The summed E-state index contributed by atoms with van der Waals surface area (Å²) in [7, 11) is 0. The first-order valence-corrected chi connectivity index (χ1v) is 7.53. The van der Waals surface area contributed by atoms with Gasteiger partial charge in [-0.3, -0.25) is 4.79 Å². The Morgan fingerprint density at radius 1 is 1.43 bits per heavy atom. The Kier molecular flexibility index (Phi) is 5.09. The molecule has 0 aromatic carbocycles. The third-order valence-electron chi connectivity index (χ3n) is 3.02. The number of hydrogen-bond acceptors (Lipinski definition) is 6. The SMILES string of the molecule is O=C(O)CCCCCCNc1nc2sccn2c1[N+](=O)[O-]. The van der Waals surface area contributed by atoms with Crippen LogP contribution in [0.3, 0.4) is 0 Å². The summed E-state index contributed by atoms with van der Waals surface area (Å²) < 4.78 is 1.46. The van der Waals surface area contributed by atoms with Crippen molar-refractivity contribution in [3.05, 3.63) is 21.7 Å². The van der Waals surface area contributed by atoms with Crippen molar-refractivity contribution in [2.45, 2.75) is 32.1 Å². The summed E-state index contributed by atoms with van der Waals surface area (Å²) >= 11 is 1.34. The van der Waals surface area contributed by atoms with E-state index < -0.39 is 10.9 Å². The molecule has 2 aromatic rings. The van der Waals surface area contributed by atoms with Gasteiger partial charge >= 0.3 is 11.8 Å². The molecule has 0 saturated heterocycles. The highest BCUT2D eigenvalue weighted by Crippen LogP contribution is 2.27. The second-order valence-corrected chi connectivity index (χ2v) is 5.45. The van der Waals surface area contributed by atoms with Crippen LogP contribution in [0.15, 0.2) is 11.6 Å². The Morgan fingerprint density at radius 3 is 2.90 bits per heavy atom. The number of carbonyl (C=O) groups is 1. The minimum Gasteiger partial charge on any atom is -0.481 e. The Labute approximate surface area is 124 Å². The molecule has 0 fully saturated rings. The number of nitrogens with one attached hydrogen (secondary N) is 1. The van der Waals surface area contributed by atoms with Crippen LogP contribution in [0.1, 0.15) is 32.1 Å². The molecule has 2 heterocycles. The lowest BCUT2D eigenvalue weighted by molar-refractivity contribution is -0.389. The number of fused-ring (bicyclic) bond motifs is 1. The number of anilines is 1. The lowest BCUT2D eigenvalue weighted by Gasteiger charge is -2.03. The summed E-state index contributed by atoms with van der Waals surface area (Å²) in [6.07, 6.45) is 5.03. The van der Waals surface area contributed by atoms with Gasteiger partial charge in [-0.1, -0.05) is 24.2 Å². The highest BCUT2D eigenvalue weighted by molar-refractivity contribution is 7.15. The van der Waals surface area contributed by atoms with Crippen LogP contribution in [0.4, 0.5) is 11.6 Å². The first-order chi connectivity index (χ1) is 10.1. The number of thiazole rings is 1. The number of aliphatic carboxylic acids is 1. The van der Waals surface area contributed by atoms with Gasteiger partial charge in [0.05, 0.1) is 0 Å². The van der Waals surface area contributed by atoms with Gasteiger partial charge < -0.3 is 20.5 Å². The van der Waals surface area contributed by atoms with Crippen molar-refractivity contribution in [3.63, 3.8) is 0 Å². The zero-order valence-corrected chi connectivity index (χ0v) is 12.1. The molecule has 0 spiro atoms. The fourth-order valence-electron chi connectivity index (χ4n) is 2.03. The van der Waals surface area contributed by atoms with Crippen LogP contribution >= 0.6 is 11.3 Å². The van der Waals surface area contributed by atoms with Crippen molar-refractivity contribution >= 4 is 33.9 Å². The second kappa shape index (κ2) is 7.02. The number of imidazole rings is 1. The predicted octanol–water partition coefficient (Wildman–Crippen LogP) is 2.75. The summed E-state index contributed by atoms with van der Waals surface area (Å²) in [6, 6.07) is 0. The van der Waals surface area contributed by atoms with Crippen LogP contribution in [0, 0.1) is 10.1 Å². The molecule has 9 heteroatoms. The molecule has 0 radical (unpaired) electrons. The molecule has 0 aliphatic rings. The average Bonchev–Trinajstić information content (AvgIpc) is 2.96. The number of hydrogen-bond donors (Lipinski definition) is 2. The van der Waals surface area contributed by atoms with Gasteiger partial charge in [-0.05, 0) is 17.8 Å². The van der Waals surface area contributed by atoms with Gasteiger partial charge in [0.1, 0.15) is 6.20 Å². The Balaban J connectivity index is 1.81. The minimum atomic E-state index is -0.776. The zero-order valence-electron chi connectivity index (χ0n) is 11.3. The van der Waals surface area contributed by atoms with E-state index in [0.717, 1.165) is 19.3 Å². The number of nitrogens with zero attached hydrogens (tertiary/aromatic N) is 3. The topological polar surface area (TPSA) is 110 Å². The van der Waals surface area contributed by atoms with Gasteiger partial charge in [-0.2, -0.15) is 9.38 Å². The smallest absolute Gasteiger partial charge is 0.372 e. The molecule has 0 unspecified atom stereocenters. The van der Waals surface area contributed by atoms with Gasteiger partial charge in [0.15, 0.2) is 0 Å². The maximum Gasteiger partial charge on any atom is 0.372 e. The van der Waals surface area contributed by atoms with Crippen molar-refractivity contribution in [2.24, 2.45) is 0 Å². The maximum atomic E-state index is 11.1. The lowest BCUT2D eigenvalue weighted by Crippen LogP contribution is -2.05. The van der Waals surface area contributed by atoms with E-state index in [4.69, 9.17) is 5.11 Å². The molecule has 0 amide bonds. The van der Waals surface area contributed by atoms with E-state index in [9.17, 15) is 14.9 Å². The molecule has 0 aliphatic heterocycles. The molecule has 0 saturated carbocycles. The van der Waals surface area contributed by atoms with E-state index >= 15 is 0 Å². The van der Waals surface area contributed by atoms with Gasteiger partial charge in [-0.15, -0.1) is 0 Å². The highest BCUT2D eigenvalue weighted by atomic mass is 32.1. The molecule has 0 aliphatic carbocycles. The standard InChI is InChI=1S/C12H16N4O4S/c17-9(18)5-3-1-2-4-6-13-10-11(16(19)20)15-7-8-21-12(15)14-10/h7-8,13H,1-6H2,(H,17,18). The van der Waals surface area contributed by atoms with Gasteiger partial charge in [0, 0.05) is 18.3 Å². The largest absolute Gasteiger partial charge is 0.481 e. The average molecular weight is 312 g/mol. The third kappa shape index (κ3) is 3.91. The van der Waals surface area contributed by atoms with Crippen LogP contribution in [0.2, 0.25) is 0 Å². The van der Waals surface area contributed by atoms with Crippen molar-refractivity contribution in [1.29, 1.82) is 0 Å². The zero-order chi connectivity index (χ0) is 15.2. The third-order valence-corrected chi connectivity index (χ3v) is 3.78. The van der Waals surface area contributed by atoms with E-state index in [1.165, 1.54) is 15.7 Å². The number of carboxylic acids is 1. The van der Waals surface area contributed by atoms with Crippen LogP contribution < -0.4 is 5.32 Å². The van der Waals surface area contributed by atoms with E-state index in [0.29, 0.717) is 17.9 Å². The highest BCUT2D eigenvalue weighted by Gasteiger charge is 2.22. The van der Waals surface area contributed by atoms with E-state index in [2.05, 4.69) is 10.3 Å². The Hall–Kier alpha value is -2.16. The fourth-order valence-corrected chi connectivity index (χ4v) is 2.74. The Bertz CT molecular complexity index is 636. The molecular formula is C12H16N4O4S. The van der Waals surface area contributed by atoms with Gasteiger partial charge in [0.2, 0.25) is 5.82 Å². The lowest BCUT2D eigenvalue weighted by atomic mass is 10.1. The van der Waals surface area contributed by atoms with E-state index in [-0.39, 0.29) is 18.1 Å². The molecule has 0 atom stereocenters. The van der Waals surface area contributed by atoms with Gasteiger partial charge in [-0.25, -0.2) is 0 Å². The quantitative estimate of drug-likeness (QED) is 0.418. The monoisotopic (exact) mass is 312 g/mol. The molecule has 2 rings (SSSR count). The fraction of sp³-hybridized carbons (Fsp3) is 0.500. The summed E-state index contributed by atoms with van der Waals surface area (Å²) in [5, 5.41) is 24.3. The van der Waals surface area contributed by atoms with Crippen LogP contribution in [0.25, 0.3) is 4.96 Å². The number of aromatic nitrogens is 2. The normalized spacial score (nSPS) is 10.9. The maximum absolute atomic E-state index is 11.1. The molecular weight excluding hydrogens is 296 g/mol. The molecule has 8 nitrogen and oxygen atoms in total. The van der Waals surface area contributed by atoms with Crippen molar-refractivity contribution < 1.29 is 14.8 Å². The van der Waals surface area contributed by atoms with Crippen molar-refractivity contribution in [3.8, 4) is 0 Å². The Morgan fingerprint density at radius 2 is 2.19 bits per heavy atom. The van der Waals surface area contributed by atoms with Crippen LogP contribution in [-0.4, -0.2) is 31.9 Å². The summed E-state index contributed by atoms with van der Waals surface area (Å²) in [4.78, 5) is 25.8. The van der Waals surface area contributed by atoms with Crippen LogP contribution in [0.5, 0.6) is 0 Å². The minimum absolute atomic E-state index is 0.0443. The van der Waals surface area contributed by atoms with Gasteiger partial charge in [0.25, 0.3) is 4.96 Å². The number of nitro groups is 1. The number of carboxylic acid groups (broad SMARTS) is 1. The predicted molar refractivity (Wildman–Crippen MR) is 78.9 cm³/mol. The number of rotatable bonds is 9. The van der Waals surface area contributed by atoms with Crippen molar-refractivity contribution in [2.75, 3.05) is 11.9 Å². The van der Waals surface area contributed by atoms with Crippen LogP contribution in [-0.2, 0) is 4.79 Å². The molecule has 2 N–H and O–H groups in total.